The van der Waals surface area contributed by atoms with Gasteiger partial charge < -0.3 is 9.84 Å². The Kier molecular flexibility index (Phi) is 4.83. The van der Waals surface area contributed by atoms with E-state index in [0.29, 0.717) is 0 Å². The molecule has 0 aliphatic heterocycles. The Hall–Kier alpha value is -0.320. The van der Waals surface area contributed by atoms with Crippen molar-refractivity contribution >= 4 is 37.9 Å². The van der Waals surface area contributed by atoms with E-state index in [-0.39, 0.29) is 6.61 Å². The molecule has 1 aromatic rings. The van der Waals surface area contributed by atoms with Gasteiger partial charge in [0.05, 0.1) is 18.2 Å². The first kappa shape index (κ1) is 12.7. The standard InChI is InChI=1S/C11H12Br2O2/c1-7(6-14)3-8-4-9(12)5-10(13)11(8)15-2/h3-5,14H,6H2,1-2H3. The maximum Gasteiger partial charge on any atom is 0.140 e. The highest BCUT2D eigenvalue weighted by molar-refractivity contribution is 9.11. The average molecular weight is 336 g/mol. The first-order valence-electron chi connectivity index (χ1n) is 4.39. The summed E-state index contributed by atoms with van der Waals surface area (Å²) in [6.07, 6.45) is 1.90. The van der Waals surface area contributed by atoms with Gasteiger partial charge in [-0.25, -0.2) is 0 Å². The van der Waals surface area contributed by atoms with Gasteiger partial charge in [-0.1, -0.05) is 15.9 Å². The highest BCUT2D eigenvalue weighted by Gasteiger charge is 2.07. The van der Waals surface area contributed by atoms with Gasteiger partial charge in [0.2, 0.25) is 0 Å². The van der Waals surface area contributed by atoms with E-state index in [1.54, 1.807) is 7.11 Å². The fraction of sp³-hybridized carbons (Fsp3) is 0.273. The Morgan fingerprint density at radius 3 is 2.67 bits per heavy atom. The van der Waals surface area contributed by atoms with Crippen LogP contribution < -0.4 is 4.74 Å². The lowest BCUT2D eigenvalue weighted by Crippen LogP contribution is -1.91. The number of rotatable bonds is 3. The number of hydrogen-bond acceptors (Lipinski definition) is 2. The van der Waals surface area contributed by atoms with Crippen LogP contribution in [0.25, 0.3) is 6.08 Å². The van der Waals surface area contributed by atoms with E-state index in [1.165, 1.54) is 0 Å². The predicted octanol–water partition coefficient (Wildman–Crippen LogP) is 3.62. The van der Waals surface area contributed by atoms with Gasteiger partial charge >= 0.3 is 0 Å². The van der Waals surface area contributed by atoms with Gasteiger partial charge in [-0.15, -0.1) is 0 Å². The third kappa shape index (κ3) is 3.33. The Bertz CT molecular complexity index is 386. The second-order valence-corrected chi connectivity index (χ2v) is 4.93. The smallest absolute Gasteiger partial charge is 0.140 e. The Labute approximate surface area is 106 Å². The van der Waals surface area contributed by atoms with Crippen molar-refractivity contribution in [3.8, 4) is 5.75 Å². The molecule has 1 rings (SSSR count). The highest BCUT2D eigenvalue weighted by atomic mass is 79.9. The molecule has 4 heteroatoms. The molecule has 0 atom stereocenters. The number of aliphatic hydroxyl groups excluding tert-OH is 1. The van der Waals surface area contributed by atoms with E-state index < -0.39 is 0 Å². The van der Waals surface area contributed by atoms with Gasteiger partial charge in [-0.3, -0.25) is 0 Å². The van der Waals surface area contributed by atoms with Crippen LogP contribution in [0.4, 0.5) is 0 Å². The van der Waals surface area contributed by atoms with Gasteiger partial charge in [-0.2, -0.15) is 0 Å². The van der Waals surface area contributed by atoms with Crippen molar-refractivity contribution in [1.29, 1.82) is 0 Å². The molecule has 0 radical (unpaired) electrons. The molecule has 0 bridgehead atoms. The summed E-state index contributed by atoms with van der Waals surface area (Å²) in [5.74, 6) is 0.769. The summed E-state index contributed by atoms with van der Waals surface area (Å²) in [7, 11) is 1.62. The summed E-state index contributed by atoms with van der Waals surface area (Å²) in [5, 5.41) is 8.97. The lowest BCUT2D eigenvalue weighted by molar-refractivity contribution is 0.332. The molecule has 1 aromatic carbocycles. The zero-order valence-electron chi connectivity index (χ0n) is 8.55. The lowest BCUT2D eigenvalue weighted by Gasteiger charge is -2.09. The van der Waals surface area contributed by atoms with Crippen LogP contribution in [-0.2, 0) is 0 Å². The van der Waals surface area contributed by atoms with E-state index in [2.05, 4.69) is 31.9 Å². The summed E-state index contributed by atoms with van der Waals surface area (Å²) in [6, 6.07) is 3.87. The molecule has 0 aromatic heterocycles. The molecule has 0 saturated carbocycles. The van der Waals surface area contributed by atoms with E-state index in [0.717, 1.165) is 25.8 Å². The fourth-order valence-corrected chi connectivity index (χ4v) is 2.63. The molecule has 82 valence electrons. The maximum absolute atomic E-state index is 8.97. The molecule has 0 heterocycles. The van der Waals surface area contributed by atoms with Crippen molar-refractivity contribution in [1.82, 2.24) is 0 Å². The van der Waals surface area contributed by atoms with E-state index in [1.807, 2.05) is 25.1 Å². The largest absolute Gasteiger partial charge is 0.495 e. The molecule has 0 amide bonds. The van der Waals surface area contributed by atoms with Gasteiger partial charge in [0.15, 0.2) is 0 Å². The van der Waals surface area contributed by atoms with Crippen LogP contribution in [-0.4, -0.2) is 18.8 Å². The molecular weight excluding hydrogens is 324 g/mol. The highest BCUT2D eigenvalue weighted by Crippen LogP contribution is 2.33. The van der Waals surface area contributed by atoms with Crippen LogP contribution in [0.5, 0.6) is 5.75 Å². The Balaban J connectivity index is 3.26. The molecule has 0 aliphatic carbocycles. The first-order chi connectivity index (χ1) is 7.08. The molecular formula is C11H12Br2O2. The van der Waals surface area contributed by atoms with Crippen molar-refractivity contribution in [2.75, 3.05) is 13.7 Å². The van der Waals surface area contributed by atoms with Crippen molar-refractivity contribution in [2.45, 2.75) is 6.92 Å². The van der Waals surface area contributed by atoms with Crippen LogP contribution in [0, 0.1) is 0 Å². The van der Waals surface area contributed by atoms with Crippen molar-refractivity contribution in [3.05, 3.63) is 32.2 Å². The van der Waals surface area contributed by atoms with Crippen LogP contribution in [0.2, 0.25) is 0 Å². The number of halogens is 2. The van der Waals surface area contributed by atoms with Gasteiger partial charge in [0, 0.05) is 10.0 Å². The third-order valence-electron chi connectivity index (χ3n) is 1.89. The molecule has 0 unspecified atom stereocenters. The molecule has 1 N–H and O–H groups in total. The molecule has 0 saturated heterocycles. The first-order valence-corrected chi connectivity index (χ1v) is 5.98. The second kappa shape index (κ2) is 5.68. The van der Waals surface area contributed by atoms with Crippen LogP contribution in [0.1, 0.15) is 12.5 Å². The summed E-state index contributed by atoms with van der Waals surface area (Å²) in [5.41, 5.74) is 1.82. The molecule has 0 aliphatic rings. The number of hydrogen-bond donors (Lipinski definition) is 1. The average Bonchev–Trinajstić information content (AvgIpc) is 2.17. The quantitative estimate of drug-likeness (QED) is 0.914. The monoisotopic (exact) mass is 334 g/mol. The summed E-state index contributed by atoms with van der Waals surface area (Å²) >= 11 is 6.83. The van der Waals surface area contributed by atoms with Crippen LogP contribution >= 0.6 is 31.9 Å². The minimum atomic E-state index is 0.0489. The SMILES string of the molecule is COc1c(Br)cc(Br)cc1C=C(C)CO. The number of methoxy groups -OCH3 is 1. The summed E-state index contributed by atoms with van der Waals surface area (Å²) in [4.78, 5) is 0. The van der Waals surface area contributed by atoms with Crippen molar-refractivity contribution in [3.63, 3.8) is 0 Å². The van der Waals surface area contributed by atoms with E-state index in [4.69, 9.17) is 9.84 Å². The predicted molar refractivity (Wildman–Crippen MR) is 69.1 cm³/mol. The molecule has 15 heavy (non-hydrogen) atoms. The number of aliphatic hydroxyl groups is 1. The lowest BCUT2D eigenvalue weighted by atomic mass is 10.1. The minimum absolute atomic E-state index is 0.0489. The number of ether oxygens (including phenoxy) is 1. The maximum atomic E-state index is 8.97. The van der Waals surface area contributed by atoms with Gasteiger partial charge in [0.1, 0.15) is 5.75 Å². The van der Waals surface area contributed by atoms with E-state index in [9.17, 15) is 0 Å². The van der Waals surface area contributed by atoms with Crippen LogP contribution in [0.15, 0.2) is 26.7 Å². The van der Waals surface area contributed by atoms with E-state index >= 15 is 0 Å². The summed E-state index contributed by atoms with van der Waals surface area (Å²) in [6.45, 7) is 1.92. The molecule has 0 spiro atoms. The Morgan fingerprint density at radius 1 is 1.47 bits per heavy atom. The fourth-order valence-electron chi connectivity index (χ4n) is 1.21. The zero-order chi connectivity index (χ0) is 11.4. The Morgan fingerprint density at radius 2 is 2.13 bits per heavy atom. The van der Waals surface area contributed by atoms with Crippen molar-refractivity contribution in [2.24, 2.45) is 0 Å². The normalized spacial score (nSPS) is 11.7. The molecule has 0 fully saturated rings. The minimum Gasteiger partial charge on any atom is -0.495 e. The topological polar surface area (TPSA) is 29.5 Å². The van der Waals surface area contributed by atoms with Crippen molar-refractivity contribution < 1.29 is 9.84 Å². The van der Waals surface area contributed by atoms with Crippen LogP contribution in [0.3, 0.4) is 0 Å². The van der Waals surface area contributed by atoms with Gasteiger partial charge in [0.25, 0.3) is 0 Å². The van der Waals surface area contributed by atoms with Gasteiger partial charge in [-0.05, 0) is 46.6 Å². The second-order valence-electron chi connectivity index (χ2n) is 3.16. The zero-order valence-corrected chi connectivity index (χ0v) is 11.7. The molecule has 2 nitrogen and oxygen atoms in total. The third-order valence-corrected chi connectivity index (χ3v) is 2.94. The summed E-state index contributed by atoms with van der Waals surface area (Å²) < 4.78 is 7.13. The number of benzene rings is 1.